The van der Waals surface area contributed by atoms with Gasteiger partial charge in [0.2, 0.25) is 0 Å². The van der Waals surface area contributed by atoms with E-state index >= 15 is 0 Å². The molecule has 3 aromatic rings. The maximum atomic E-state index is 13.9. The Hall–Kier alpha value is -3.59. The molecule has 1 heterocycles. The summed E-state index contributed by atoms with van der Waals surface area (Å²) in [7, 11) is -0.652. The molecule has 3 rings (SSSR count). The molecule has 0 fully saturated rings. The van der Waals surface area contributed by atoms with Crippen molar-refractivity contribution in [3.05, 3.63) is 96.6 Å². The number of hydrogen-bond acceptors (Lipinski definition) is 4. The number of hydrazine groups is 1. The second-order valence-electron chi connectivity index (χ2n) is 6.66. The van der Waals surface area contributed by atoms with Gasteiger partial charge in [-0.3, -0.25) is 20.6 Å². The third-order valence-electron chi connectivity index (χ3n) is 4.43. The van der Waals surface area contributed by atoms with Crippen molar-refractivity contribution < 1.29 is 18.0 Å². The van der Waals surface area contributed by atoms with Gasteiger partial charge in [-0.15, -0.1) is 0 Å². The summed E-state index contributed by atoms with van der Waals surface area (Å²) < 4.78 is 40.5. The summed E-state index contributed by atoms with van der Waals surface area (Å²) in [5.41, 5.74) is 6.73. The summed E-state index contributed by atoms with van der Waals surface area (Å²) in [5, 5.41) is 0. The van der Waals surface area contributed by atoms with E-state index in [-0.39, 0.29) is 11.5 Å². The van der Waals surface area contributed by atoms with E-state index in [1.54, 1.807) is 30.6 Å². The Balaban J connectivity index is 1.78. The fourth-order valence-electron chi connectivity index (χ4n) is 2.78. The number of aromatic nitrogens is 1. The zero-order chi connectivity index (χ0) is 23.1. The molecule has 9 heteroatoms. The van der Waals surface area contributed by atoms with Crippen LogP contribution in [0.5, 0.6) is 0 Å². The van der Waals surface area contributed by atoms with E-state index in [2.05, 4.69) is 22.9 Å². The van der Waals surface area contributed by atoms with Gasteiger partial charge in [0.1, 0.15) is 5.82 Å². The maximum Gasteiger partial charge on any atom is 0.317 e. The molecule has 1 unspecified atom stereocenters. The summed E-state index contributed by atoms with van der Waals surface area (Å²) >= 11 is 0. The lowest BCUT2D eigenvalue weighted by Crippen LogP contribution is -2.39. The Morgan fingerprint density at radius 2 is 1.84 bits per heavy atom. The summed E-state index contributed by atoms with van der Waals surface area (Å²) in [6, 6.07) is 17.2. The van der Waals surface area contributed by atoms with Crippen LogP contribution in [0.3, 0.4) is 0 Å². The predicted molar refractivity (Wildman–Crippen MR) is 123 cm³/mol. The van der Waals surface area contributed by atoms with Crippen LogP contribution in [0.1, 0.15) is 11.1 Å². The lowest BCUT2D eigenvalue weighted by Gasteiger charge is -2.28. The van der Waals surface area contributed by atoms with Gasteiger partial charge in [0.25, 0.3) is 0 Å². The molecule has 5 nitrogen and oxygen atoms in total. The first-order chi connectivity index (χ1) is 15.3. The highest BCUT2D eigenvalue weighted by atomic mass is 32.2. The van der Waals surface area contributed by atoms with Gasteiger partial charge in [0, 0.05) is 17.3 Å². The van der Waals surface area contributed by atoms with Crippen LogP contribution in [-0.2, 0) is 11.3 Å². The molecule has 0 bridgehead atoms. The molecule has 1 atom stereocenters. The summed E-state index contributed by atoms with van der Waals surface area (Å²) in [6.07, 6.45) is 0.286. The first-order valence-corrected chi connectivity index (χ1v) is 10.8. The van der Waals surface area contributed by atoms with Crippen LogP contribution >= 0.6 is 10.7 Å². The number of carbonyl (C=O) groups is 1. The van der Waals surface area contributed by atoms with Crippen LogP contribution in [0.4, 0.5) is 18.9 Å². The highest BCUT2D eigenvalue weighted by Gasteiger charge is 2.15. The Morgan fingerprint density at radius 1 is 1.09 bits per heavy atom. The standard InChI is InChI=1S/C23H21F3N4OS/c1-16(28-29-23(31)22(25)26)18-10-8-17(9-11-18)15-30(20-6-3-5-19(24)13-20)32(2)21-7-4-12-27-14-21/h3-14,22,28H,1-2,15H2,(H,29,31). The van der Waals surface area contributed by atoms with E-state index in [1.807, 2.05) is 40.1 Å². The largest absolute Gasteiger partial charge is 0.317 e. The number of nitrogens with one attached hydrogen (secondary N) is 2. The Morgan fingerprint density at radius 3 is 2.47 bits per heavy atom. The summed E-state index contributed by atoms with van der Waals surface area (Å²) in [4.78, 5) is 16.0. The van der Waals surface area contributed by atoms with Crippen molar-refractivity contribution in [3.63, 3.8) is 0 Å². The van der Waals surface area contributed by atoms with Crippen LogP contribution in [0.15, 0.2) is 84.5 Å². The van der Waals surface area contributed by atoms with E-state index in [0.717, 1.165) is 10.5 Å². The Bertz CT molecular complexity index is 1110. The van der Waals surface area contributed by atoms with Gasteiger partial charge in [-0.05, 0) is 41.5 Å². The molecule has 32 heavy (non-hydrogen) atoms. The van der Waals surface area contributed by atoms with Crippen LogP contribution in [0.25, 0.3) is 5.70 Å². The van der Waals surface area contributed by atoms with E-state index in [0.29, 0.717) is 17.8 Å². The molecule has 0 spiro atoms. The van der Waals surface area contributed by atoms with Crippen molar-refractivity contribution >= 4 is 33.8 Å². The van der Waals surface area contributed by atoms with Crippen molar-refractivity contribution in [2.45, 2.75) is 17.9 Å². The number of amides is 1. The number of alkyl halides is 2. The third kappa shape index (κ3) is 5.98. The zero-order valence-corrected chi connectivity index (χ0v) is 17.8. The van der Waals surface area contributed by atoms with Gasteiger partial charge >= 0.3 is 12.3 Å². The van der Waals surface area contributed by atoms with E-state index in [9.17, 15) is 18.0 Å². The molecular formula is C23H21F3N4OS. The fraction of sp³-hybridized carbons (Fsp3) is 0.0870. The van der Waals surface area contributed by atoms with Gasteiger partial charge in [-0.1, -0.05) is 53.5 Å². The van der Waals surface area contributed by atoms with Crippen molar-refractivity contribution in [2.75, 3.05) is 4.31 Å². The lowest BCUT2D eigenvalue weighted by molar-refractivity contribution is -0.132. The van der Waals surface area contributed by atoms with Crippen molar-refractivity contribution in [1.82, 2.24) is 15.8 Å². The fourth-order valence-corrected chi connectivity index (χ4v) is 4.13. The quantitative estimate of drug-likeness (QED) is 0.359. The molecule has 0 saturated carbocycles. The average molecular weight is 459 g/mol. The number of carbonyl (C=O) groups excluding carboxylic acids is 1. The molecule has 0 radical (unpaired) electrons. The van der Waals surface area contributed by atoms with Gasteiger partial charge in [0.05, 0.1) is 17.9 Å². The predicted octanol–water partition coefficient (Wildman–Crippen LogP) is 4.76. The lowest BCUT2D eigenvalue weighted by atomic mass is 10.1. The summed E-state index contributed by atoms with van der Waals surface area (Å²) in [6.45, 7) is 4.17. The zero-order valence-electron chi connectivity index (χ0n) is 17.0. The molecular weight excluding hydrogens is 437 g/mol. The highest BCUT2D eigenvalue weighted by Crippen LogP contribution is 2.35. The van der Waals surface area contributed by atoms with E-state index < -0.39 is 23.0 Å². The number of hydrogen-bond donors (Lipinski definition) is 2. The van der Waals surface area contributed by atoms with Crippen LogP contribution < -0.4 is 15.2 Å². The Kier molecular flexibility index (Phi) is 7.67. The van der Waals surface area contributed by atoms with Crippen LogP contribution in [-0.4, -0.2) is 23.2 Å². The topological polar surface area (TPSA) is 57.3 Å². The molecule has 0 aliphatic carbocycles. The SMILES string of the molecule is C=C(NNC(=O)C(F)F)c1ccc(CN(c2cccc(F)c2)S(=C)c2cccnc2)cc1. The minimum atomic E-state index is -3.12. The number of benzene rings is 2. The first kappa shape index (κ1) is 23.1. The monoisotopic (exact) mass is 458 g/mol. The second-order valence-corrected chi connectivity index (χ2v) is 8.30. The van der Waals surface area contributed by atoms with E-state index in [1.165, 1.54) is 12.1 Å². The minimum Gasteiger partial charge on any atom is -0.314 e. The maximum absolute atomic E-state index is 13.9. The van der Waals surface area contributed by atoms with Gasteiger partial charge in [-0.25, -0.2) is 4.39 Å². The van der Waals surface area contributed by atoms with Gasteiger partial charge < -0.3 is 4.31 Å². The molecule has 0 saturated heterocycles. The number of nitrogens with zero attached hydrogens (tertiary/aromatic N) is 2. The van der Waals surface area contributed by atoms with E-state index in [4.69, 9.17) is 0 Å². The van der Waals surface area contributed by atoms with Crippen LogP contribution in [0.2, 0.25) is 0 Å². The molecule has 0 aliphatic heterocycles. The molecule has 1 aromatic heterocycles. The van der Waals surface area contributed by atoms with Crippen molar-refractivity contribution in [1.29, 1.82) is 0 Å². The molecule has 2 N–H and O–H groups in total. The highest BCUT2D eigenvalue weighted by molar-refractivity contribution is 8.15. The number of halogens is 3. The van der Waals surface area contributed by atoms with Gasteiger partial charge in [-0.2, -0.15) is 8.78 Å². The average Bonchev–Trinajstić information content (AvgIpc) is 2.81. The molecule has 166 valence electrons. The minimum absolute atomic E-state index is 0.264. The Labute approximate surface area is 186 Å². The molecule has 1 amide bonds. The smallest absolute Gasteiger partial charge is 0.314 e. The number of anilines is 1. The number of rotatable bonds is 9. The molecule has 2 aromatic carbocycles. The van der Waals surface area contributed by atoms with Crippen LogP contribution in [0, 0.1) is 5.82 Å². The third-order valence-corrected chi connectivity index (χ3v) is 6.09. The second kappa shape index (κ2) is 10.6. The van der Waals surface area contributed by atoms with Crippen molar-refractivity contribution in [3.8, 4) is 0 Å². The first-order valence-electron chi connectivity index (χ1n) is 9.44. The number of pyridine rings is 1. The van der Waals surface area contributed by atoms with Crippen molar-refractivity contribution in [2.24, 2.45) is 0 Å². The molecule has 0 aliphatic rings. The van der Waals surface area contributed by atoms with Gasteiger partial charge in [0.15, 0.2) is 0 Å². The normalized spacial score (nSPS) is 11.6. The summed E-state index contributed by atoms with van der Waals surface area (Å²) in [5.74, 6) is 2.49.